The lowest BCUT2D eigenvalue weighted by Gasteiger charge is -2.59. The summed E-state index contributed by atoms with van der Waals surface area (Å²) >= 11 is 0. The number of allylic oxidation sites excluding steroid dienone is 4. The first-order chi connectivity index (χ1) is 15.7. The summed E-state index contributed by atoms with van der Waals surface area (Å²) in [5, 5.41) is 44.3. The van der Waals surface area contributed by atoms with Crippen molar-refractivity contribution < 1.29 is 30.0 Å². The van der Waals surface area contributed by atoms with E-state index in [1.54, 1.807) is 6.08 Å². The van der Waals surface area contributed by atoms with Gasteiger partial charge in [0.2, 0.25) is 0 Å². The van der Waals surface area contributed by atoms with E-state index in [0.717, 1.165) is 32.1 Å². The molecule has 1 aliphatic heterocycles. The molecule has 0 aromatic carbocycles. The van der Waals surface area contributed by atoms with Crippen molar-refractivity contribution in [2.75, 3.05) is 0 Å². The average molecular weight is 475 g/mol. The summed E-state index contributed by atoms with van der Waals surface area (Å²) in [5.41, 5.74) is -3.84. The second kappa shape index (κ2) is 7.48. The van der Waals surface area contributed by atoms with E-state index in [-0.39, 0.29) is 23.5 Å². The highest BCUT2D eigenvalue weighted by Crippen LogP contribution is 2.68. The second-order valence-corrected chi connectivity index (χ2v) is 12.9. The van der Waals surface area contributed by atoms with Crippen molar-refractivity contribution in [2.24, 2.45) is 34.5 Å². The highest BCUT2D eigenvalue weighted by Gasteiger charge is 2.67. The van der Waals surface area contributed by atoms with E-state index in [1.165, 1.54) is 19.4 Å². The predicted octanol–water partition coefficient (Wildman–Crippen LogP) is 3.27. The highest BCUT2D eigenvalue weighted by atomic mass is 16.6. The third-order valence-electron chi connectivity index (χ3n) is 11.6. The van der Waals surface area contributed by atoms with Gasteiger partial charge in [0.1, 0.15) is 5.60 Å². The van der Waals surface area contributed by atoms with Gasteiger partial charge in [0.15, 0.2) is 12.1 Å². The van der Waals surface area contributed by atoms with Crippen molar-refractivity contribution in [1.29, 1.82) is 0 Å². The monoisotopic (exact) mass is 474 g/mol. The average Bonchev–Trinajstić information content (AvgIpc) is 3.04. The molecular weight excluding hydrogens is 432 g/mol. The van der Waals surface area contributed by atoms with Gasteiger partial charge in [-0.2, -0.15) is 0 Å². The molecule has 4 N–H and O–H groups in total. The fourth-order valence-electron chi connectivity index (χ4n) is 8.78. The van der Waals surface area contributed by atoms with Crippen LogP contribution in [0, 0.1) is 34.5 Å². The summed E-state index contributed by atoms with van der Waals surface area (Å²) in [4.78, 5) is 13.1. The van der Waals surface area contributed by atoms with Gasteiger partial charge in [-0.15, -0.1) is 0 Å². The van der Waals surface area contributed by atoms with Crippen LogP contribution in [0.5, 0.6) is 0 Å². The van der Waals surface area contributed by atoms with Crippen molar-refractivity contribution in [3.63, 3.8) is 0 Å². The van der Waals surface area contributed by atoms with Gasteiger partial charge in [-0.1, -0.05) is 31.6 Å². The Bertz CT molecular complexity index is 935. The van der Waals surface area contributed by atoms with E-state index in [4.69, 9.17) is 4.74 Å². The number of hydrogen-bond acceptors (Lipinski definition) is 6. The van der Waals surface area contributed by atoms with Crippen molar-refractivity contribution in [3.05, 3.63) is 23.8 Å². The van der Waals surface area contributed by atoms with Crippen molar-refractivity contribution in [2.45, 2.75) is 109 Å². The lowest BCUT2D eigenvalue weighted by molar-refractivity contribution is -0.334. The first-order valence-corrected chi connectivity index (χ1v) is 13.1. The molecule has 1 unspecified atom stereocenters. The number of carbonyl (C=O) groups excluding carboxylic acids is 1. The molecule has 6 nitrogen and oxygen atoms in total. The Hall–Kier alpha value is -1.05. The molecule has 0 amide bonds. The van der Waals surface area contributed by atoms with Gasteiger partial charge in [-0.3, -0.25) is 4.79 Å². The van der Waals surface area contributed by atoms with Crippen LogP contribution in [0.25, 0.3) is 0 Å². The molecule has 0 spiro atoms. The number of ether oxygens (including phenoxy) is 1. The molecule has 1 heterocycles. The first kappa shape index (κ1) is 24.6. The van der Waals surface area contributed by atoms with E-state index in [2.05, 4.69) is 19.9 Å². The molecule has 190 valence electrons. The summed E-state index contributed by atoms with van der Waals surface area (Å²) < 4.78 is 5.83. The van der Waals surface area contributed by atoms with Gasteiger partial charge >= 0.3 is 0 Å². The first-order valence-electron chi connectivity index (χ1n) is 13.1. The minimum Gasteiger partial charge on any atom is -0.389 e. The molecule has 5 rings (SSSR count). The number of aliphatic hydroxyl groups is 4. The number of rotatable bonds is 2. The van der Waals surface area contributed by atoms with Gasteiger partial charge in [-0.25, -0.2) is 0 Å². The fourth-order valence-corrected chi connectivity index (χ4v) is 8.78. The van der Waals surface area contributed by atoms with E-state index >= 15 is 0 Å². The van der Waals surface area contributed by atoms with Crippen LogP contribution in [0.1, 0.15) is 79.6 Å². The molecule has 3 fully saturated rings. The maximum absolute atomic E-state index is 13.1. The largest absolute Gasteiger partial charge is 0.389 e. The topological polar surface area (TPSA) is 107 Å². The van der Waals surface area contributed by atoms with Crippen LogP contribution in [-0.2, 0) is 9.53 Å². The van der Waals surface area contributed by atoms with Crippen LogP contribution in [0.2, 0.25) is 0 Å². The Morgan fingerprint density at radius 2 is 1.74 bits per heavy atom. The maximum atomic E-state index is 13.1. The molecule has 6 heteroatoms. The third-order valence-corrected chi connectivity index (χ3v) is 11.6. The lowest BCUT2D eigenvalue weighted by atomic mass is 9.46. The molecule has 34 heavy (non-hydrogen) atoms. The van der Waals surface area contributed by atoms with Crippen LogP contribution < -0.4 is 0 Å². The van der Waals surface area contributed by atoms with Crippen molar-refractivity contribution in [3.8, 4) is 0 Å². The van der Waals surface area contributed by atoms with Crippen LogP contribution in [0.3, 0.4) is 0 Å². The van der Waals surface area contributed by atoms with Crippen molar-refractivity contribution in [1.82, 2.24) is 0 Å². The normalized spacial score (nSPS) is 55.7. The van der Waals surface area contributed by atoms with Crippen molar-refractivity contribution >= 4 is 5.78 Å². The molecule has 11 atom stereocenters. The van der Waals surface area contributed by atoms with Crippen LogP contribution in [0.15, 0.2) is 23.8 Å². The quantitative estimate of drug-likeness (QED) is 0.458. The van der Waals surface area contributed by atoms with Gasteiger partial charge in [0.25, 0.3) is 0 Å². The number of carbonyl (C=O) groups is 1. The van der Waals surface area contributed by atoms with E-state index in [9.17, 15) is 25.2 Å². The number of hydrogen-bond donors (Lipinski definition) is 4. The minimum atomic E-state index is -1.78. The van der Waals surface area contributed by atoms with Crippen LogP contribution >= 0.6 is 0 Å². The minimum absolute atomic E-state index is 0.137. The number of aliphatic hydroxyl groups excluding tert-OH is 1. The highest BCUT2D eigenvalue weighted by molar-refractivity contribution is 5.98. The molecule has 1 saturated heterocycles. The zero-order valence-corrected chi connectivity index (χ0v) is 21.3. The molecule has 0 aromatic heterocycles. The van der Waals surface area contributed by atoms with Crippen LogP contribution in [-0.4, -0.2) is 55.4 Å². The summed E-state index contributed by atoms with van der Waals surface area (Å²) in [6, 6.07) is 0. The van der Waals surface area contributed by atoms with Gasteiger partial charge < -0.3 is 25.2 Å². The van der Waals surface area contributed by atoms with Gasteiger partial charge in [0, 0.05) is 12.3 Å². The molecule has 0 bridgehead atoms. The zero-order valence-electron chi connectivity index (χ0n) is 21.3. The lowest BCUT2D eigenvalue weighted by Crippen LogP contribution is -2.67. The Morgan fingerprint density at radius 3 is 2.41 bits per heavy atom. The standard InChI is InChI=1S/C28H42O6/c1-16(21-15-25(3,31)27(5,32)23(30)34-21)28(33)14-12-19-18-10-9-17-7-6-8-22(29)26(17,4)20(18)11-13-24(19,28)2/h6,8-9,16,18-21,23,30-33H,7,10-15H2,1-5H3/t16-,18+,19+,20+,21-,23?,24+,25-,26+,27-,28+/m1/s1. The Morgan fingerprint density at radius 1 is 1.06 bits per heavy atom. The Kier molecular flexibility index (Phi) is 5.42. The summed E-state index contributed by atoms with van der Waals surface area (Å²) in [6.07, 6.45) is 9.18. The Balaban J connectivity index is 1.43. The molecular formula is C28H42O6. The number of fused-ring (bicyclic) bond motifs is 5. The zero-order chi connectivity index (χ0) is 24.9. The van der Waals surface area contributed by atoms with Gasteiger partial charge in [0.05, 0.1) is 22.7 Å². The third kappa shape index (κ3) is 2.95. The SMILES string of the molecule is C[C@H]([C@H]1C[C@@](C)(O)[C@](C)(O)C(O)O1)[C@@]1(O)CC[C@H]2[C@@H]3CC=C4CC=CC(=O)[C@]4(C)[C@H]3CC[C@@]21C. The molecule has 2 saturated carbocycles. The summed E-state index contributed by atoms with van der Waals surface area (Å²) in [7, 11) is 0. The smallest absolute Gasteiger partial charge is 0.186 e. The molecule has 5 aliphatic rings. The van der Waals surface area contributed by atoms with E-state index in [1.807, 2.05) is 13.0 Å². The number of ketones is 1. The molecule has 0 radical (unpaired) electrons. The fraction of sp³-hybridized carbons (Fsp3) is 0.821. The Labute approximate surface area is 203 Å². The maximum Gasteiger partial charge on any atom is 0.186 e. The second-order valence-electron chi connectivity index (χ2n) is 12.9. The molecule has 4 aliphatic carbocycles. The van der Waals surface area contributed by atoms with E-state index in [0.29, 0.717) is 24.2 Å². The van der Waals surface area contributed by atoms with Crippen LogP contribution in [0.4, 0.5) is 0 Å². The van der Waals surface area contributed by atoms with E-state index < -0.39 is 34.6 Å². The van der Waals surface area contributed by atoms with Gasteiger partial charge in [-0.05, 0) is 88.5 Å². The predicted molar refractivity (Wildman–Crippen MR) is 127 cm³/mol. The summed E-state index contributed by atoms with van der Waals surface area (Å²) in [5.74, 6) is 0.837. The summed E-state index contributed by atoms with van der Waals surface area (Å²) in [6.45, 7) is 9.21. The molecule has 0 aromatic rings.